The first-order valence-electron chi connectivity index (χ1n) is 11.8. The largest absolute Gasteiger partial charge is 0.504 e. The van der Waals surface area contributed by atoms with Gasteiger partial charge in [0.1, 0.15) is 0 Å². The fourth-order valence-corrected chi connectivity index (χ4v) is 5.33. The molecule has 4 nitrogen and oxygen atoms in total. The molecule has 0 unspecified atom stereocenters. The molecule has 0 radical (unpaired) electrons. The molecule has 2 saturated carbocycles. The summed E-state index contributed by atoms with van der Waals surface area (Å²) in [6.45, 7) is 0. The molecule has 1 heterocycles. The quantitative estimate of drug-likeness (QED) is 0.202. The average molecular weight is 614 g/mol. The molecular formula is C27H36Br2ClN3O. The number of nitrogen functional groups attached to an aromatic ring is 1. The lowest BCUT2D eigenvalue weighted by atomic mass is 9.71. The van der Waals surface area contributed by atoms with E-state index in [0.717, 1.165) is 10.2 Å². The van der Waals surface area contributed by atoms with E-state index < -0.39 is 0 Å². The van der Waals surface area contributed by atoms with Crippen LogP contribution in [0.4, 0.5) is 11.4 Å². The Kier molecular flexibility index (Phi) is 12.7. The third kappa shape index (κ3) is 8.40. The third-order valence-corrected chi connectivity index (χ3v) is 7.50. The second-order valence-electron chi connectivity index (χ2n) is 8.86. The van der Waals surface area contributed by atoms with Crippen LogP contribution in [0.1, 0.15) is 69.8 Å². The minimum atomic E-state index is 0. The predicted octanol–water partition coefficient (Wildman–Crippen LogP) is 9.00. The lowest BCUT2D eigenvalue weighted by molar-refractivity contribution is 0.328. The number of methoxy groups -OCH3 is 1. The van der Waals surface area contributed by atoms with Gasteiger partial charge < -0.3 is 10.2 Å². The van der Waals surface area contributed by atoms with Gasteiger partial charge in [-0.15, -0.1) is 12.4 Å². The van der Waals surface area contributed by atoms with E-state index in [1.54, 1.807) is 7.11 Å². The topological polar surface area (TPSA) is 59.6 Å². The number of hydrazine groups is 1. The van der Waals surface area contributed by atoms with Gasteiger partial charge in [0.2, 0.25) is 0 Å². The van der Waals surface area contributed by atoms with Gasteiger partial charge in [-0.25, -0.2) is 0 Å². The summed E-state index contributed by atoms with van der Waals surface area (Å²) in [5.41, 5.74) is 7.84. The molecule has 3 aliphatic rings. The van der Waals surface area contributed by atoms with Crippen molar-refractivity contribution in [2.45, 2.75) is 69.6 Å². The highest BCUT2D eigenvalue weighted by Gasteiger charge is 2.37. The molecule has 186 valence electrons. The van der Waals surface area contributed by atoms with Gasteiger partial charge in [0, 0.05) is 26.3 Å². The van der Waals surface area contributed by atoms with Crippen LogP contribution >= 0.6 is 44.3 Å². The van der Waals surface area contributed by atoms with E-state index in [2.05, 4.69) is 66.7 Å². The molecule has 1 aliphatic heterocycles. The predicted molar refractivity (Wildman–Crippen MR) is 154 cm³/mol. The number of halogens is 3. The number of rotatable bonds is 2. The molecule has 3 N–H and O–H groups in total. The van der Waals surface area contributed by atoms with Crippen LogP contribution in [-0.4, -0.2) is 13.3 Å². The maximum Gasteiger partial charge on any atom is 0.0816 e. The fraction of sp³-hybridized carbons (Fsp3) is 0.444. The number of anilines is 1. The zero-order valence-electron chi connectivity index (χ0n) is 19.9. The molecular weight excluding hydrogens is 578 g/mol. The molecule has 2 aromatic carbocycles. The van der Waals surface area contributed by atoms with Crippen LogP contribution in [0.2, 0.25) is 0 Å². The molecule has 5 rings (SSSR count). The number of nitrogens with zero attached hydrogens (tertiary/aromatic N) is 1. The second kappa shape index (κ2) is 14.9. The summed E-state index contributed by atoms with van der Waals surface area (Å²) in [4.78, 5) is 4.57. The van der Waals surface area contributed by atoms with Crippen LogP contribution in [0.5, 0.6) is 0 Å². The number of aliphatic imine (C=N–C) groups is 1. The van der Waals surface area contributed by atoms with Gasteiger partial charge in [-0.05, 0) is 92.1 Å². The average Bonchev–Trinajstić information content (AvgIpc) is 3.18. The van der Waals surface area contributed by atoms with Crippen molar-refractivity contribution in [2.75, 3.05) is 12.5 Å². The van der Waals surface area contributed by atoms with E-state index in [4.69, 9.17) is 10.6 Å². The Morgan fingerprint density at radius 3 is 2.15 bits per heavy atom. The Balaban J connectivity index is 0.000000188. The zero-order chi connectivity index (χ0) is 23.5. The Morgan fingerprint density at radius 1 is 0.912 bits per heavy atom. The van der Waals surface area contributed by atoms with E-state index in [1.165, 1.54) is 85.5 Å². The standard InChI is InChI=1S/C13H14BrN.C8H14O.C6H7BrN2.ClH/c14-10-4-5-12-11(8-10)13(9-15-12)6-2-1-3-7-13;1-9-7-8-5-3-2-4-6-8;7-5-1-3-6(9-8)4-2-5;/h4-5,8-9H,1-3,6-7H2;7H,2-6H2,1H3;1-4,9H,8H2;1H. The number of allylic oxidation sites excluding steroid dienone is 1. The number of hydrogen-bond donors (Lipinski definition) is 2. The first-order valence-corrected chi connectivity index (χ1v) is 13.4. The van der Waals surface area contributed by atoms with E-state index in [0.29, 0.717) is 0 Å². The SMILES string of the molecule is Brc1ccc2c(c1)C1(C=N2)CCCCC1.COC=C1CCCCC1.Cl.NNc1ccc(Br)cc1. The second-order valence-corrected chi connectivity index (χ2v) is 10.7. The zero-order valence-corrected chi connectivity index (χ0v) is 23.9. The van der Waals surface area contributed by atoms with Crippen molar-refractivity contribution in [3.8, 4) is 0 Å². The van der Waals surface area contributed by atoms with Crippen LogP contribution in [0.3, 0.4) is 0 Å². The molecule has 2 fully saturated rings. The first-order chi connectivity index (χ1) is 16.1. The first kappa shape index (κ1) is 28.9. The van der Waals surface area contributed by atoms with Gasteiger partial charge in [0.15, 0.2) is 0 Å². The van der Waals surface area contributed by atoms with E-state index >= 15 is 0 Å². The van der Waals surface area contributed by atoms with Crippen LogP contribution in [0, 0.1) is 0 Å². The minimum Gasteiger partial charge on any atom is -0.504 e. The van der Waals surface area contributed by atoms with Crippen molar-refractivity contribution in [3.63, 3.8) is 0 Å². The van der Waals surface area contributed by atoms with Crippen molar-refractivity contribution in [1.82, 2.24) is 0 Å². The normalized spacial score (nSPS) is 17.2. The monoisotopic (exact) mass is 611 g/mol. The number of benzene rings is 2. The number of hydrogen-bond acceptors (Lipinski definition) is 4. The van der Waals surface area contributed by atoms with Gasteiger partial charge in [0.25, 0.3) is 0 Å². The Hall–Kier alpha value is -1.34. The van der Waals surface area contributed by atoms with Crippen molar-refractivity contribution < 1.29 is 4.74 Å². The van der Waals surface area contributed by atoms with Gasteiger partial charge in [-0.2, -0.15) is 0 Å². The highest BCUT2D eigenvalue weighted by atomic mass is 79.9. The maximum absolute atomic E-state index is 5.13. The molecule has 0 aromatic heterocycles. The number of nitrogens with one attached hydrogen (secondary N) is 1. The molecule has 0 atom stereocenters. The number of fused-ring (bicyclic) bond motifs is 2. The van der Waals surface area contributed by atoms with Crippen LogP contribution in [-0.2, 0) is 10.2 Å². The van der Waals surface area contributed by atoms with Gasteiger partial charge in [0.05, 0.1) is 19.1 Å². The van der Waals surface area contributed by atoms with Gasteiger partial charge in [-0.3, -0.25) is 10.8 Å². The molecule has 34 heavy (non-hydrogen) atoms. The fourth-order valence-electron chi connectivity index (χ4n) is 4.70. The van der Waals surface area contributed by atoms with Crippen molar-refractivity contribution in [1.29, 1.82) is 0 Å². The number of nitrogens with two attached hydrogens (primary N) is 1. The molecule has 7 heteroatoms. The molecule has 0 saturated heterocycles. The summed E-state index contributed by atoms with van der Waals surface area (Å²) in [7, 11) is 1.72. The van der Waals surface area contributed by atoms with E-state index in [9.17, 15) is 0 Å². The van der Waals surface area contributed by atoms with E-state index in [1.807, 2.05) is 30.5 Å². The van der Waals surface area contributed by atoms with Crippen LogP contribution in [0.15, 0.2) is 68.2 Å². The molecule has 2 aliphatic carbocycles. The summed E-state index contributed by atoms with van der Waals surface area (Å²) in [6.07, 6.45) is 17.4. The molecule has 0 amide bonds. The Labute approximate surface area is 227 Å². The van der Waals surface area contributed by atoms with Gasteiger partial charge in [-0.1, -0.05) is 57.5 Å². The summed E-state index contributed by atoms with van der Waals surface area (Å²) in [5.74, 6) is 5.13. The van der Waals surface area contributed by atoms with Crippen LogP contribution < -0.4 is 11.3 Å². The molecule has 1 spiro atoms. The Morgan fingerprint density at radius 2 is 1.53 bits per heavy atom. The summed E-state index contributed by atoms with van der Waals surface area (Å²) in [5, 5.41) is 0. The third-order valence-electron chi connectivity index (χ3n) is 6.48. The summed E-state index contributed by atoms with van der Waals surface area (Å²) < 4.78 is 7.15. The van der Waals surface area contributed by atoms with Gasteiger partial charge >= 0.3 is 0 Å². The Bertz CT molecular complexity index is 933. The smallest absolute Gasteiger partial charge is 0.0816 e. The lowest BCUT2D eigenvalue weighted by Crippen LogP contribution is -2.28. The van der Waals surface area contributed by atoms with Crippen molar-refractivity contribution in [3.05, 3.63) is 68.8 Å². The molecule has 0 bridgehead atoms. The van der Waals surface area contributed by atoms with E-state index in [-0.39, 0.29) is 17.8 Å². The highest BCUT2D eigenvalue weighted by Crippen LogP contribution is 2.46. The lowest BCUT2D eigenvalue weighted by Gasteiger charge is -2.31. The van der Waals surface area contributed by atoms with Crippen molar-refractivity contribution >= 4 is 61.9 Å². The van der Waals surface area contributed by atoms with Crippen molar-refractivity contribution in [2.24, 2.45) is 10.8 Å². The highest BCUT2D eigenvalue weighted by molar-refractivity contribution is 9.10. The summed E-state index contributed by atoms with van der Waals surface area (Å²) in [6, 6.07) is 14.1. The minimum absolute atomic E-state index is 0. The number of ether oxygens (including phenoxy) is 1. The summed E-state index contributed by atoms with van der Waals surface area (Å²) >= 11 is 6.87. The van der Waals surface area contributed by atoms with Crippen LogP contribution in [0.25, 0.3) is 0 Å². The maximum atomic E-state index is 5.13. The molecule has 2 aromatic rings.